The highest BCUT2D eigenvalue weighted by Gasteiger charge is 2.05. The number of aromatic nitrogens is 3. The number of hydrogen-bond acceptors (Lipinski definition) is 2. The molecule has 7 heteroatoms. The molecule has 0 amide bonds. The Hall–Kier alpha value is -0.740. The second-order valence-electron chi connectivity index (χ2n) is 2.98. The zero-order valence-electron chi connectivity index (χ0n) is 8.35. The molecule has 0 aliphatic carbocycles. The molecule has 17 heavy (non-hydrogen) atoms. The molecule has 0 radical (unpaired) electrons. The lowest BCUT2D eigenvalue weighted by Gasteiger charge is -2.03. The maximum absolute atomic E-state index is 6.10. The molecule has 90 valence electrons. The first-order valence-electron chi connectivity index (χ1n) is 4.33. The molecule has 0 spiro atoms. The summed E-state index contributed by atoms with van der Waals surface area (Å²) in [7, 11) is 0. The fourth-order valence-corrected chi connectivity index (χ4v) is 1.98. The molecule has 0 atom stereocenters. The minimum atomic E-state index is 0. The monoisotopic (exact) mass is 309 g/mol. The first-order valence-corrected chi connectivity index (χ1v) is 5.47. The highest BCUT2D eigenvalue weighted by molar-refractivity contribution is 6.52. The first-order chi connectivity index (χ1) is 7.66. The lowest BCUT2D eigenvalue weighted by molar-refractivity contribution is 0.936. The van der Waals surface area contributed by atoms with Crippen molar-refractivity contribution in [3.05, 3.63) is 46.5 Å². The van der Waals surface area contributed by atoms with Crippen LogP contribution in [0.5, 0.6) is 0 Å². The van der Waals surface area contributed by atoms with Crippen LogP contribution in [0.1, 0.15) is 5.56 Å². The summed E-state index contributed by atoms with van der Waals surface area (Å²) in [6.45, 7) is 0. The molecule has 1 aromatic carbocycles. The molecule has 0 aliphatic heterocycles. The van der Waals surface area contributed by atoms with Gasteiger partial charge in [0.2, 0.25) is 0 Å². The van der Waals surface area contributed by atoms with Gasteiger partial charge in [0.15, 0.2) is 0 Å². The van der Waals surface area contributed by atoms with E-state index in [1.165, 1.54) is 17.3 Å². The van der Waals surface area contributed by atoms with E-state index in [2.05, 4.69) is 10.1 Å². The number of benzene rings is 1. The van der Waals surface area contributed by atoms with E-state index in [0.29, 0.717) is 20.6 Å². The quantitative estimate of drug-likeness (QED) is 0.832. The molecule has 0 N–H and O–H groups in total. The van der Waals surface area contributed by atoms with E-state index in [9.17, 15) is 0 Å². The number of hydrogen-bond donors (Lipinski definition) is 0. The lowest BCUT2D eigenvalue weighted by Crippen LogP contribution is -1.88. The fraction of sp³-hybridized carbons (Fsp3) is 0. The fourth-order valence-electron chi connectivity index (χ4n) is 1.15. The molecule has 0 aliphatic rings. The Kier molecular flexibility index (Phi) is 5.28. The second-order valence-corrected chi connectivity index (χ2v) is 4.23. The average Bonchev–Trinajstić information content (AvgIpc) is 2.70. The Balaban J connectivity index is 0.00000144. The summed E-state index contributed by atoms with van der Waals surface area (Å²) in [6, 6.07) is 5.11. The average molecular weight is 311 g/mol. The third-order valence-electron chi connectivity index (χ3n) is 1.87. The van der Waals surface area contributed by atoms with Gasteiger partial charge in [0.05, 0.1) is 10.1 Å². The van der Waals surface area contributed by atoms with Gasteiger partial charge in [-0.1, -0.05) is 40.9 Å². The maximum atomic E-state index is 6.10. The van der Waals surface area contributed by atoms with E-state index >= 15 is 0 Å². The van der Waals surface area contributed by atoms with E-state index in [-0.39, 0.29) is 12.4 Å². The Morgan fingerprint density at radius 2 is 2.06 bits per heavy atom. The van der Waals surface area contributed by atoms with Crippen LogP contribution in [-0.4, -0.2) is 14.8 Å². The van der Waals surface area contributed by atoms with Gasteiger partial charge < -0.3 is 0 Å². The smallest absolute Gasteiger partial charge is 0.138 e. The van der Waals surface area contributed by atoms with Crippen molar-refractivity contribution in [3.63, 3.8) is 0 Å². The van der Waals surface area contributed by atoms with Crippen molar-refractivity contribution in [1.82, 2.24) is 14.8 Å². The van der Waals surface area contributed by atoms with Crippen molar-refractivity contribution in [3.8, 4) is 0 Å². The molecule has 2 aromatic rings. The summed E-state index contributed by atoms with van der Waals surface area (Å²) < 4.78 is 1.49. The van der Waals surface area contributed by atoms with Crippen molar-refractivity contribution in [2.24, 2.45) is 0 Å². The van der Waals surface area contributed by atoms with E-state index in [1.807, 2.05) is 0 Å². The van der Waals surface area contributed by atoms with Crippen LogP contribution in [0.2, 0.25) is 10.0 Å². The molecule has 1 aromatic heterocycles. The molecular formula is C10H7Cl4N3. The van der Waals surface area contributed by atoms with E-state index < -0.39 is 0 Å². The third-order valence-corrected chi connectivity index (χ3v) is 2.72. The molecule has 0 unspecified atom stereocenters. The molecule has 0 saturated heterocycles. The lowest BCUT2D eigenvalue weighted by atomic mass is 10.2. The number of halogens is 4. The molecule has 1 heterocycles. The summed E-state index contributed by atoms with van der Waals surface area (Å²) in [5, 5.41) is 5.43. The summed E-state index contributed by atoms with van der Waals surface area (Å²) in [5.41, 5.74) is 0.697. The molecule has 0 saturated carbocycles. The largest absolute Gasteiger partial charge is 0.227 e. The van der Waals surface area contributed by atoms with E-state index in [0.717, 1.165) is 0 Å². The predicted octanol–water partition coefficient (Wildman–Crippen LogP) is 4.20. The van der Waals surface area contributed by atoms with Gasteiger partial charge in [-0.25, -0.2) is 9.67 Å². The summed E-state index contributed by atoms with van der Waals surface area (Å²) in [5.74, 6) is 0. The second kappa shape index (κ2) is 6.26. The molecule has 2 rings (SSSR count). The van der Waals surface area contributed by atoms with Gasteiger partial charge in [-0.05, 0) is 12.1 Å². The Morgan fingerprint density at radius 3 is 2.65 bits per heavy atom. The highest BCUT2D eigenvalue weighted by Crippen LogP contribution is 2.29. The van der Waals surface area contributed by atoms with Crippen LogP contribution in [0, 0.1) is 0 Å². The van der Waals surface area contributed by atoms with Crippen LogP contribution in [0.15, 0.2) is 30.9 Å². The maximum Gasteiger partial charge on any atom is 0.138 e. The van der Waals surface area contributed by atoms with Crippen LogP contribution in [-0.2, 0) is 0 Å². The van der Waals surface area contributed by atoms with Gasteiger partial charge in [0.1, 0.15) is 12.7 Å². The Labute approximate surface area is 119 Å². The normalized spacial score (nSPS) is 11.1. The van der Waals surface area contributed by atoms with Crippen molar-refractivity contribution in [2.75, 3.05) is 0 Å². The van der Waals surface area contributed by atoms with Crippen molar-refractivity contribution < 1.29 is 0 Å². The van der Waals surface area contributed by atoms with Crippen molar-refractivity contribution >= 4 is 58.4 Å². The first kappa shape index (κ1) is 14.3. The molecule has 3 nitrogen and oxygen atoms in total. The number of rotatable bonds is 2. The van der Waals surface area contributed by atoms with Gasteiger partial charge in [0.25, 0.3) is 0 Å². The van der Waals surface area contributed by atoms with Crippen molar-refractivity contribution in [1.29, 1.82) is 0 Å². The summed E-state index contributed by atoms with van der Waals surface area (Å²) >= 11 is 17.9. The van der Waals surface area contributed by atoms with Crippen molar-refractivity contribution in [2.45, 2.75) is 0 Å². The molecule has 0 fully saturated rings. The van der Waals surface area contributed by atoms with E-state index in [1.54, 1.807) is 24.4 Å². The van der Waals surface area contributed by atoms with Gasteiger partial charge in [-0.3, -0.25) is 0 Å². The summed E-state index contributed by atoms with van der Waals surface area (Å²) in [4.78, 5) is 3.80. The van der Waals surface area contributed by atoms with Crippen LogP contribution >= 0.6 is 47.2 Å². The highest BCUT2D eigenvalue weighted by atomic mass is 35.5. The SMILES string of the molecule is Cl.Cl/C(=C\n1cncn1)c1ccc(Cl)cc1Cl. The Bertz CT molecular complexity index is 522. The van der Waals surface area contributed by atoms with Gasteiger partial charge in [0, 0.05) is 16.8 Å². The summed E-state index contributed by atoms with van der Waals surface area (Å²) in [6.07, 6.45) is 4.57. The molecular weight excluding hydrogens is 304 g/mol. The third kappa shape index (κ3) is 3.61. The topological polar surface area (TPSA) is 30.7 Å². The van der Waals surface area contributed by atoms with Gasteiger partial charge in [-0.2, -0.15) is 5.10 Å². The zero-order chi connectivity index (χ0) is 11.5. The predicted molar refractivity (Wildman–Crippen MR) is 73.8 cm³/mol. The minimum absolute atomic E-state index is 0. The molecule has 0 bridgehead atoms. The zero-order valence-corrected chi connectivity index (χ0v) is 11.4. The van der Waals surface area contributed by atoms with Crippen LogP contribution in [0.3, 0.4) is 0 Å². The van der Waals surface area contributed by atoms with Gasteiger partial charge >= 0.3 is 0 Å². The van der Waals surface area contributed by atoms with E-state index in [4.69, 9.17) is 34.8 Å². The Morgan fingerprint density at radius 1 is 1.29 bits per heavy atom. The standard InChI is InChI=1S/C10H6Cl3N3.ClH/c11-7-1-2-8(9(12)3-7)10(13)4-16-6-14-5-15-16;/h1-6H;1H/b10-4-;. The van der Waals surface area contributed by atoms with Crippen LogP contribution in [0.4, 0.5) is 0 Å². The number of nitrogens with zero attached hydrogens (tertiary/aromatic N) is 3. The van der Waals surface area contributed by atoms with Crippen LogP contribution < -0.4 is 0 Å². The minimum Gasteiger partial charge on any atom is -0.227 e. The van der Waals surface area contributed by atoms with Crippen LogP contribution in [0.25, 0.3) is 11.2 Å². The van der Waals surface area contributed by atoms with Gasteiger partial charge in [-0.15, -0.1) is 12.4 Å².